The lowest BCUT2D eigenvalue weighted by Crippen LogP contribution is -2.29. The van der Waals surface area contributed by atoms with E-state index in [1.165, 1.54) is 36.7 Å². The maximum absolute atomic E-state index is 12.4. The van der Waals surface area contributed by atoms with Crippen LogP contribution in [0.4, 0.5) is 11.4 Å². The van der Waals surface area contributed by atoms with Crippen molar-refractivity contribution in [3.8, 4) is 22.9 Å². The molecule has 168 valence electrons. The maximum Gasteiger partial charge on any atom is 0.234 e. The number of nitrogens with one attached hydrogen (secondary N) is 2. The van der Waals surface area contributed by atoms with E-state index < -0.39 is 0 Å². The third kappa shape index (κ3) is 5.34. The Morgan fingerprint density at radius 3 is 2.59 bits per heavy atom. The third-order valence-corrected chi connectivity index (χ3v) is 6.18. The van der Waals surface area contributed by atoms with Crippen molar-refractivity contribution < 1.29 is 14.3 Å². The Balaban J connectivity index is 1.32. The van der Waals surface area contributed by atoms with Crippen LogP contribution in [0.2, 0.25) is 0 Å². The van der Waals surface area contributed by atoms with Crippen molar-refractivity contribution in [3.63, 3.8) is 0 Å². The second kappa shape index (κ2) is 10.4. The van der Waals surface area contributed by atoms with Crippen LogP contribution in [0.15, 0.2) is 47.6 Å². The smallest absolute Gasteiger partial charge is 0.234 e. The van der Waals surface area contributed by atoms with Crippen molar-refractivity contribution in [3.05, 3.63) is 42.5 Å². The minimum absolute atomic E-state index is 0.103. The number of anilines is 2. The molecular weight excluding hydrogens is 426 g/mol. The number of ether oxygens (including phenoxy) is 2. The van der Waals surface area contributed by atoms with Gasteiger partial charge >= 0.3 is 0 Å². The molecule has 0 saturated carbocycles. The number of rotatable bonds is 8. The molecule has 0 atom stereocenters. The number of piperidine rings is 1. The number of nitrogens with zero attached hydrogens (tertiary/aromatic N) is 3. The summed E-state index contributed by atoms with van der Waals surface area (Å²) < 4.78 is 10.6. The Bertz CT molecular complexity index is 1050. The molecule has 1 fully saturated rings. The van der Waals surface area contributed by atoms with Crippen LogP contribution in [0, 0.1) is 0 Å². The SMILES string of the molecule is COc1ccc(-c2nc(SCC(=O)Nc3ccc(N4CCCCC4)cc3)n[nH]2)c(OC)c1. The molecule has 1 aliphatic rings. The van der Waals surface area contributed by atoms with Crippen LogP contribution >= 0.6 is 11.8 Å². The van der Waals surface area contributed by atoms with Crippen molar-refractivity contribution in [2.75, 3.05) is 43.3 Å². The molecule has 3 aromatic rings. The highest BCUT2D eigenvalue weighted by Crippen LogP contribution is 2.32. The van der Waals surface area contributed by atoms with Gasteiger partial charge < -0.3 is 19.7 Å². The second-order valence-electron chi connectivity index (χ2n) is 7.46. The Kier molecular flexibility index (Phi) is 7.16. The van der Waals surface area contributed by atoms with Gasteiger partial charge in [0.25, 0.3) is 0 Å². The number of aromatic amines is 1. The molecule has 0 unspecified atom stereocenters. The Labute approximate surface area is 191 Å². The number of hydrogen-bond donors (Lipinski definition) is 2. The standard InChI is InChI=1S/C23H27N5O3S/c1-30-18-10-11-19(20(14-18)31-2)22-25-23(27-26-22)32-15-21(29)24-16-6-8-17(9-7-16)28-12-4-3-5-13-28/h6-11,14H,3-5,12-13,15H2,1-2H3,(H,24,29)(H,25,26,27). The summed E-state index contributed by atoms with van der Waals surface area (Å²) in [7, 11) is 3.19. The summed E-state index contributed by atoms with van der Waals surface area (Å²) in [5, 5.41) is 10.5. The zero-order chi connectivity index (χ0) is 22.3. The Morgan fingerprint density at radius 2 is 1.88 bits per heavy atom. The van der Waals surface area contributed by atoms with Crippen LogP contribution in [-0.4, -0.2) is 54.2 Å². The number of benzene rings is 2. The van der Waals surface area contributed by atoms with Gasteiger partial charge in [-0.3, -0.25) is 9.89 Å². The molecule has 9 heteroatoms. The molecule has 0 bridgehead atoms. The largest absolute Gasteiger partial charge is 0.497 e. The van der Waals surface area contributed by atoms with Crippen molar-refractivity contribution in [1.82, 2.24) is 15.2 Å². The van der Waals surface area contributed by atoms with Crippen LogP contribution in [0.5, 0.6) is 11.5 Å². The van der Waals surface area contributed by atoms with Crippen molar-refractivity contribution >= 4 is 29.0 Å². The molecule has 8 nitrogen and oxygen atoms in total. The molecule has 0 spiro atoms. The number of methoxy groups -OCH3 is 2. The van der Waals surface area contributed by atoms with Gasteiger partial charge in [-0.1, -0.05) is 11.8 Å². The quantitative estimate of drug-likeness (QED) is 0.494. The van der Waals surface area contributed by atoms with E-state index in [0.29, 0.717) is 22.5 Å². The van der Waals surface area contributed by atoms with Crippen molar-refractivity contribution in [2.45, 2.75) is 24.4 Å². The van der Waals surface area contributed by atoms with Gasteiger partial charge in [0.15, 0.2) is 5.82 Å². The van der Waals surface area contributed by atoms with Gasteiger partial charge in [0.2, 0.25) is 11.1 Å². The first-order chi connectivity index (χ1) is 15.7. The lowest BCUT2D eigenvalue weighted by atomic mass is 10.1. The molecule has 4 rings (SSSR count). The van der Waals surface area contributed by atoms with Gasteiger partial charge in [0.1, 0.15) is 11.5 Å². The summed E-state index contributed by atoms with van der Waals surface area (Å²) in [5.74, 6) is 2.00. The van der Waals surface area contributed by atoms with Gasteiger partial charge in [-0.25, -0.2) is 4.98 Å². The number of aromatic nitrogens is 3. The summed E-state index contributed by atoms with van der Waals surface area (Å²) in [4.78, 5) is 19.2. The minimum atomic E-state index is -0.103. The molecule has 1 aliphatic heterocycles. The first kappa shape index (κ1) is 22.0. The van der Waals surface area contributed by atoms with E-state index in [-0.39, 0.29) is 11.7 Å². The Morgan fingerprint density at radius 1 is 1.09 bits per heavy atom. The van der Waals surface area contributed by atoms with Crippen LogP contribution in [-0.2, 0) is 4.79 Å². The highest BCUT2D eigenvalue weighted by Gasteiger charge is 2.14. The number of amides is 1. The topological polar surface area (TPSA) is 92.4 Å². The van der Waals surface area contributed by atoms with E-state index in [4.69, 9.17) is 9.47 Å². The molecule has 2 heterocycles. The number of carbonyl (C=O) groups is 1. The highest BCUT2D eigenvalue weighted by molar-refractivity contribution is 7.99. The van der Waals surface area contributed by atoms with E-state index >= 15 is 0 Å². The van der Waals surface area contributed by atoms with Gasteiger partial charge in [-0.15, -0.1) is 5.10 Å². The fourth-order valence-electron chi connectivity index (χ4n) is 3.66. The highest BCUT2D eigenvalue weighted by atomic mass is 32.2. The average Bonchev–Trinajstić information content (AvgIpc) is 3.32. The number of thioether (sulfide) groups is 1. The zero-order valence-corrected chi connectivity index (χ0v) is 19.1. The van der Waals surface area contributed by atoms with E-state index in [9.17, 15) is 4.79 Å². The normalized spacial score (nSPS) is 13.6. The second-order valence-corrected chi connectivity index (χ2v) is 8.41. The van der Waals surface area contributed by atoms with Crippen molar-refractivity contribution in [1.29, 1.82) is 0 Å². The predicted octanol–water partition coefficient (Wildman–Crippen LogP) is 4.21. The average molecular weight is 454 g/mol. The summed E-state index contributed by atoms with van der Waals surface area (Å²) in [6, 6.07) is 13.5. The molecule has 0 radical (unpaired) electrons. The van der Waals surface area contributed by atoms with Crippen molar-refractivity contribution in [2.24, 2.45) is 0 Å². The number of carbonyl (C=O) groups excluding carboxylic acids is 1. The first-order valence-electron chi connectivity index (χ1n) is 10.6. The van der Waals surface area contributed by atoms with Gasteiger partial charge in [-0.05, 0) is 55.7 Å². The zero-order valence-electron chi connectivity index (χ0n) is 18.3. The van der Waals surface area contributed by atoms with Gasteiger partial charge in [-0.2, -0.15) is 0 Å². The van der Waals surface area contributed by atoms with Gasteiger partial charge in [0, 0.05) is 30.5 Å². The maximum atomic E-state index is 12.4. The molecule has 32 heavy (non-hydrogen) atoms. The van der Waals surface area contributed by atoms with Crippen LogP contribution in [0.3, 0.4) is 0 Å². The summed E-state index contributed by atoms with van der Waals surface area (Å²) in [5.41, 5.74) is 2.76. The predicted molar refractivity (Wildman–Crippen MR) is 127 cm³/mol. The minimum Gasteiger partial charge on any atom is -0.497 e. The summed E-state index contributed by atoms with van der Waals surface area (Å²) in [6.07, 6.45) is 3.79. The monoisotopic (exact) mass is 453 g/mol. The third-order valence-electron chi connectivity index (χ3n) is 5.33. The number of H-pyrrole nitrogens is 1. The molecular formula is C23H27N5O3S. The lowest BCUT2D eigenvalue weighted by molar-refractivity contribution is -0.113. The Hall–Kier alpha value is -3.20. The fraction of sp³-hybridized carbons (Fsp3) is 0.348. The summed E-state index contributed by atoms with van der Waals surface area (Å²) >= 11 is 1.27. The van der Waals surface area contributed by atoms with E-state index in [2.05, 4.69) is 37.5 Å². The van der Waals surface area contributed by atoms with E-state index in [0.717, 1.165) is 24.3 Å². The lowest BCUT2D eigenvalue weighted by Gasteiger charge is -2.28. The molecule has 1 saturated heterocycles. The molecule has 2 aromatic carbocycles. The molecule has 1 amide bonds. The first-order valence-corrected chi connectivity index (χ1v) is 11.6. The van der Waals surface area contributed by atoms with Crippen LogP contribution in [0.25, 0.3) is 11.4 Å². The summed E-state index contributed by atoms with van der Waals surface area (Å²) in [6.45, 7) is 2.20. The molecule has 2 N–H and O–H groups in total. The fourth-order valence-corrected chi connectivity index (χ4v) is 4.26. The molecule has 1 aromatic heterocycles. The van der Waals surface area contributed by atoms with Crippen LogP contribution in [0.1, 0.15) is 19.3 Å². The van der Waals surface area contributed by atoms with Crippen LogP contribution < -0.4 is 19.7 Å². The van der Waals surface area contributed by atoms with Gasteiger partial charge in [0.05, 0.1) is 25.5 Å². The van der Waals surface area contributed by atoms with E-state index in [1.807, 2.05) is 24.3 Å². The number of hydrogen-bond acceptors (Lipinski definition) is 7. The van der Waals surface area contributed by atoms with E-state index in [1.54, 1.807) is 20.3 Å². The molecule has 0 aliphatic carbocycles.